The van der Waals surface area contributed by atoms with E-state index in [1.54, 1.807) is 0 Å². The van der Waals surface area contributed by atoms with Crippen molar-refractivity contribution in [2.24, 2.45) is 0 Å². The first-order valence-electron chi connectivity index (χ1n) is 9.98. The van der Waals surface area contributed by atoms with Crippen molar-refractivity contribution in [3.05, 3.63) is 108 Å². The Hall–Kier alpha value is -2.46. The summed E-state index contributed by atoms with van der Waals surface area (Å²) >= 11 is 0. The molecule has 2 N–H and O–H groups in total. The maximum Gasteiger partial charge on any atom is 0.0740 e. The van der Waals surface area contributed by atoms with E-state index in [0.29, 0.717) is 13.0 Å². The van der Waals surface area contributed by atoms with Crippen LogP contribution in [0.15, 0.2) is 91.0 Å². The number of aliphatic hydroxyl groups excluding tert-OH is 1. The summed E-state index contributed by atoms with van der Waals surface area (Å²) in [4.78, 5) is 0. The van der Waals surface area contributed by atoms with Gasteiger partial charge in [0.15, 0.2) is 0 Å². The Morgan fingerprint density at radius 2 is 1.36 bits per heavy atom. The van der Waals surface area contributed by atoms with Gasteiger partial charge in [0.25, 0.3) is 0 Å². The molecule has 4 rings (SSSR count). The molecule has 0 aliphatic carbocycles. The third-order valence-electron chi connectivity index (χ3n) is 5.53. The summed E-state index contributed by atoms with van der Waals surface area (Å²) in [7, 11) is 0. The predicted molar refractivity (Wildman–Crippen MR) is 112 cm³/mol. The van der Waals surface area contributed by atoms with Gasteiger partial charge in [-0.15, -0.1) is 0 Å². The molecular weight excluding hydrogens is 346 g/mol. The van der Waals surface area contributed by atoms with E-state index in [2.05, 4.69) is 66.0 Å². The van der Waals surface area contributed by atoms with Gasteiger partial charge in [-0.05, 0) is 16.7 Å². The molecule has 3 atom stereocenters. The van der Waals surface area contributed by atoms with Crippen LogP contribution in [0.5, 0.6) is 0 Å². The number of nitrogens with one attached hydrogen (secondary N) is 1. The number of hydrogen-bond acceptors (Lipinski definition) is 3. The van der Waals surface area contributed by atoms with Crippen LogP contribution in [0.3, 0.4) is 0 Å². The van der Waals surface area contributed by atoms with Gasteiger partial charge in [0.1, 0.15) is 0 Å². The molecule has 1 saturated heterocycles. The molecule has 144 valence electrons. The quantitative estimate of drug-likeness (QED) is 0.683. The number of ether oxygens (including phenoxy) is 1. The lowest BCUT2D eigenvalue weighted by Gasteiger charge is -2.38. The molecule has 0 saturated carbocycles. The monoisotopic (exact) mass is 373 g/mol. The summed E-state index contributed by atoms with van der Waals surface area (Å²) in [6.07, 6.45) is 0.132. The van der Waals surface area contributed by atoms with Crippen molar-refractivity contribution in [3.63, 3.8) is 0 Å². The molecule has 28 heavy (non-hydrogen) atoms. The molecule has 3 heteroatoms. The van der Waals surface area contributed by atoms with Gasteiger partial charge in [0.05, 0.1) is 24.9 Å². The first-order chi connectivity index (χ1) is 13.8. The Bertz CT molecular complexity index is 799. The van der Waals surface area contributed by atoms with Gasteiger partial charge in [-0.3, -0.25) is 0 Å². The maximum atomic E-state index is 10.8. The van der Waals surface area contributed by atoms with Crippen LogP contribution in [-0.2, 0) is 11.3 Å². The standard InChI is InChI=1S/C25H27NO2/c27-23-16-24(28-18-22(23)26-17-19-10-4-1-5-11-19)25(20-12-6-2-7-13-20)21-14-8-3-9-15-21/h1-15,22-27H,16-18H2/t22-,23?,24+/m0/s1. The molecule has 3 aromatic carbocycles. The predicted octanol–water partition coefficient (Wildman–Crippen LogP) is 4.13. The zero-order valence-electron chi connectivity index (χ0n) is 15.9. The summed E-state index contributed by atoms with van der Waals surface area (Å²) in [6.45, 7) is 1.24. The normalized spacial score (nSPS) is 22.3. The highest BCUT2D eigenvalue weighted by Gasteiger charge is 2.35. The Morgan fingerprint density at radius 1 is 0.821 bits per heavy atom. The van der Waals surface area contributed by atoms with Crippen LogP contribution >= 0.6 is 0 Å². The number of hydrogen-bond donors (Lipinski definition) is 2. The van der Waals surface area contributed by atoms with Crippen LogP contribution in [0.25, 0.3) is 0 Å². The molecule has 3 nitrogen and oxygen atoms in total. The second kappa shape index (κ2) is 9.16. The maximum absolute atomic E-state index is 10.8. The van der Waals surface area contributed by atoms with Crippen molar-refractivity contribution in [1.82, 2.24) is 5.32 Å². The number of benzene rings is 3. The molecule has 1 aliphatic rings. The average molecular weight is 373 g/mol. The summed E-state index contributed by atoms with van der Waals surface area (Å²) < 4.78 is 6.30. The highest BCUT2D eigenvalue weighted by atomic mass is 16.5. The van der Waals surface area contributed by atoms with Crippen molar-refractivity contribution >= 4 is 0 Å². The average Bonchev–Trinajstić information content (AvgIpc) is 2.76. The lowest BCUT2D eigenvalue weighted by Crippen LogP contribution is -2.50. The minimum absolute atomic E-state index is 0.0467. The van der Waals surface area contributed by atoms with E-state index in [9.17, 15) is 5.11 Å². The third kappa shape index (κ3) is 4.50. The zero-order chi connectivity index (χ0) is 19.2. The molecular formula is C25H27NO2. The molecule has 0 spiro atoms. The lowest BCUT2D eigenvalue weighted by atomic mass is 9.82. The summed E-state index contributed by atoms with van der Waals surface area (Å²) in [6, 6.07) is 31.1. The van der Waals surface area contributed by atoms with Crippen LogP contribution in [0, 0.1) is 0 Å². The Balaban J connectivity index is 1.46. The van der Waals surface area contributed by atoms with Gasteiger partial charge < -0.3 is 15.2 Å². The molecule has 0 aromatic heterocycles. The Morgan fingerprint density at radius 3 is 1.89 bits per heavy atom. The fraction of sp³-hybridized carbons (Fsp3) is 0.280. The van der Waals surface area contributed by atoms with Crippen molar-refractivity contribution in [2.45, 2.75) is 37.1 Å². The minimum atomic E-state index is -0.433. The van der Waals surface area contributed by atoms with Crippen LogP contribution in [0.1, 0.15) is 29.0 Å². The van der Waals surface area contributed by atoms with Crippen molar-refractivity contribution in [2.75, 3.05) is 6.61 Å². The molecule has 0 bridgehead atoms. The fourth-order valence-corrected chi connectivity index (χ4v) is 4.02. The Labute approximate surface area is 167 Å². The SMILES string of the molecule is OC1C[C@H](C(c2ccccc2)c2ccccc2)OC[C@@H]1NCc1ccccc1. The first-order valence-corrected chi connectivity index (χ1v) is 9.98. The van der Waals surface area contributed by atoms with Crippen LogP contribution in [-0.4, -0.2) is 30.0 Å². The molecule has 1 fully saturated rings. The minimum Gasteiger partial charge on any atom is -0.391 e. The first kappa shape index (κ1) is 18.9. The molecule has 0 radical (unpaired) electrons. The van der Waals surface area contributed by atoms with E-state index in [-0.39, 0.29) is 18.1 Å². The molecule has 3 aromatic rings. The van der Waals surface area contributed by atoms with Crippen molar-refractivity contribution < 1.29 is 9.84 Å². The van der Waals surface area contributed by atoms with Gasteiger partial charge in [-0.1, -0.05) is 91.0 Å². The molecule has 1 unspecified atom stereocenters. The van der Waals surface area contributed by atoms with Gasteiger partial charge in [-0.25, -0.2) is 0 Å². The topological polar surface area (TPSA) is 41.5 Å². The highest BCUT2D eigenvalue weighted by molar-refractivity contribution is 5.34. The van der Waals surface area contributed by atoms with Gasteiger partial charge >= 0.3 is 0 Å². The van der Waals surface area contributed by atoms with Crippen LogP contribution < -0.4 is 5.32 Å². The molecule has 0 amide bonds. The fourth-order valence-electron chi connectivity index (χ4n) is 4.02. The van der Waals surface area contributed by atoms with E-state index >= 15 is 0 Å². The van der Waals surface area contributed by atoms with E-state index < -0.39 is 6.10 Å². The van der Waals surface area contributed by atoms with E-state index in [1.807, 2.05) is 30.3 Å². The van der Waals surface area contributed by atoms with Crippen LogP contribution in [0.4, 0.5) is 0 Å². The van der Waals surface area contributed by atoms with Crippen molar-refractivity contribution in [3.8, 4) is 0 Å². The smallest absolute Gasteiger partial charge is 0.0740 e. The second-order valence-corrected chi connectivity index (χ2v) is 7.45. The molecule has 1 aliphatic heterocycles. The van der Waals surface area contributed by atoms with Gasteiger partial charge in [0, 0.05) is 18.9 Å². The summed E-state index contributed by atoms with van der Waals surface area (Å²) in [5.74, 6) is 0.118. The zero-order valence-corrected chi connectivity index (χ0v) is 15.9. The van der Waals surface area contributed by atoms with Crippen molar-refractivity contribution in [1.29, 1.82) is 0 Å². The lowest BCUT2D eigenvalue weighted by molar-refractivity contribution is -0.0718. The largest absolute Gasteiger partial charge is 0.391 e. The van der Waals surface area contributed by atoms with Gasteiger partial charge in [0.2, 0.25) is 0 Å². The molecule has 1 heterocycles. The number of rotatable bonds is 6. The van der Waals surface area contributed by atoms with E-state index in [1.165, 1.54) is 16.7 Å². The summed E-state index contributed by atoms with van der Waals surface area (Å²) in [5, 5.41) is 14.3. The third-order valence-corrected chi connectivity index (χ3v) is 5.53. The second-order valence-electron chi connectivity index (χ2n) is 7.45. The highest BCUT2D eigenvalue weighted by Crippen LogP contribution is 2.34. The van der Waals surface area contributed by atoms with Crippen LogP contribution in [0.2, 0.25) is 0 Å². The van der Waals surface area contributed by atoms with E-state index in [0.717, 1.165) is 6.54 Å². The number of aliphatic hydroxyl groups is 1. The van der Waals surface area contributed by atoms with E-state index in [4.69, 9.17) is 4.74 Å². The summed E-state index contributed by atoms with van der Waals surface area (Å²) in [5.41, 5.74) is 3.66. The van der Waals surface area contributed by atoms with Gasteiger partial charge in [-0.2, -0.15) is 0 Å². The Kier molecular flexibility index (Phi) is 6.17.